The fourth-order valence-electron chi connectivity index (χ4n) is 0.594. The predicted molar refractivity (Wildman–Crippen MR) is 47.5 cm³/mol. The second kappa shape index (κ2) is 4.18. The van der Waals surface area contributed by atoms with Crippen LogP contribution in [0.3, 0.4) is 0 Å². The van der Waals surface area contributed by atoms with Crippen LogP contribution >= 0.6 is 11.8 Å². The van der Waals surface area contributed by atoms with Crippen molar-refractivity contribution in [2.45, 2.75) is 18.5 Å². The molecule has 3 nitrogen and oxygen atoms in total. The molecule has 0 radical (unpaired) electrons. The monoisotopic (exact) mass is 169 g/mol. The van der Waals surface area contributed by atoms with Gasteiger partial charge in [0.05, 0.1) is 18.1 Å². The molecule has 0 bridgehead atoms. The van der Waals surface area contributed by atoms with Crippen molar-refractivity contribution in [3.63, 3.8) is 0 Å². The normalized spacial score (nSPS) is 9.91. The van der Waals surface area contributed by atoms with E-state index in [4.69, 9.17) is 5.73 Å². The van der Waals surface area contributed by atoms with Crippen LogP contribution in [0, 0.1) is 0 Å². The van der Waals surface area contributed by atoms with Gasteiger partial charge in [0, 0.05) is 5.75 Å². The van der Waals surface area contributed by atoms with Crippen molar-refractivity contribution in [3.8, 4) is 0 Å². The summed E-state index contributed by atoms with van der Waals surface area (Å²) in [6.07, 6.45) is 4.40. The Morgan fingerprint density at radius 1 is 1.45 bits per heavy atom. The van der Waals surface area contributed by atoms with Gasteiger partial charge in [0.2, 0.25) is 0 Å². The molecule has 0 aliphatic rings. The molecule has 0 spiro atoms. The molecule has 0 saturated carbocycles. The van der Waals surface area contributed by atoms with Gasteiger partial charge in [-0.15, -0.1) is 0 Å². The molecule has 1 aromatic rings. The van der Waals surface area contributed by atoms with E-state index >= 15 is 0 Å². The fraction of sp³-hybridized carbons (Fsp3) is 0.429. The van der Waals surface area contributed by atoms with Crippen LogP contribution in [-0.4, -0.2) is 15.7 Å². The number of rotatable bonds is 3. The second-order valence-corrected chi connectivity index (χ2v) is 3.21. The second-order valence-electron chi connectivity index (χ2n) is 2.15. The van der Waals surface area contributed by atoms with Crippen LogP contribution in [0.25, 0.3) is 0 Å². The SMILES string of the molecule is CCCSc1ncc(N)cn1. The number of nitrogens with zero attached hydrogens (tertiary/aromatic N) is 2. The van der Waals surface area contributed by atoms with Crippen molar-refractivity contribution in [2.24, 2.45) is 0 Å². The number of thioether (sulfide) groups is 1. The fourth-order valence-corrected chi connectivity index (χ4v) is 1.24. The molecule has 0 atom stereocenters. The Hall–Kier alpha value is -0.770. The van der Waals surface area contributed by atoms with Crippen molar-refractivity contribution < 1.29 is 0 Å². The quantitative estimate of drug-likeness (QED) is 0.551. The zero-order valence-corrected chi connectivity index (χ0v) is 7.27. The van der Waals surface area contributed by atoms with Crippen molar-refractivity contribution in [2.75, 3.05) is 11.5 Å². The number of nitrogen functional groups attached to an aromatic ring is 1. The largest absolute Gasteiger partial charge is 0.396 e. The Labute approximate surface area is 70.4 Å². The van der Waals surface area contributed by atoms with Gasteiger partial charge in [-0.3, -0.25) is 0 Å². The predicted octanol–water partition coefficient (Wildman–Crippen LogP) is 1.56. The van der Waals surface area contributed by atoms with Gasteiger partial charge in [-0.1, -0.05) is 18.7 Å². The minimum absolute atomic E-state index is 0.617. The van der Waals surface area contributed by atoms with Gasteiger partial charge in [-0.25, -0.2) is 9.97 Å². The maximum Gasteiger partial charge on any atom is 0.187 e. The number of anilines is 1. The van der Waals surface area contributed by atoms with Crippen LogP contribution in [0.5, 0.6) is 0 Å². The van der Waals surface area contributed by atoms with Crippen LogP contribution in [0.1, 0.15) is 13.3 Å². The first-order valence-electron chi connectivity index (χ1n) is 3.53. The Kier molecular flexibility index (Phi) is 3.16. The van der Waals surface area contributed by atoms with Crippen molar-refractivity contribution in [1.82, 2.24) is 9.97 Å². The molecule has 0 saturated heterocycles. The highest BCUT2D eigenvalue weighted by atomic mass is 32.2. The van der Waals surface area contributed by atoms with Gasteiger partial charge >= 0.3 is 0 Å². The lowest BCUT2D eigenvalue weighted by Crippen LogP contribution is -1.91. The lowest BCUT2D eigenvalue weighted by Gasteiger charge is -1.96. The minimum Gasteiger partial charge on any atom is -0.396 e. The molecule has 0 aliphatic heterocycles. The highest BCUT2D eigenvalue weighted by Gasteiger charge is 1.94. The Bertz CT molecular complexity index is 209. The molecular formula is C7H11N3S. The molecular weight excluding hydrogens is 158 g/mol. The molecule has 0 fully saturated rings. The standard InChI is InChI=1S/C7H11N3S/c1-2-3-11-7-9-4-6(8)5-10-7/h4-5H,2-3,8H2,1H3. The molecule has 11 heavy (non-hydrogen) atoms. The summed E-state index contributed by atoms with van der Waals surface area (Å²) in [7, 11) is 0. The van der Waals surface area contributed by atoms with E-state index < -0.39 is 0 Å². The first-order valence-corrected chi connectivity index (χ1v) is 4.52. The lowest BCUT2D eigenvalue weighted by atomic mass is 10.6. The van der Waals surface area contributed by atoms with E-state index in [1.807, 2.05) is 0 Å². The summed E-state index contributed by atoms with van der Waals surface area (Å²) in [5.41, 5.74) is 6.04. The van der Waals surface area contributed by atoms with Crippen molar-refractivity contribution >= 4 is 17.4 Å². The molecule has 0 unspecified atom stereocenters. The Morgan fingerprint density at radius 3 is 2.64 bits per heavy atom. The number of nitrogens with two attached hydrogens (primary N) is 1. The number of aromatic nitrogens is 2. The van der Waals surface area contributed by atoms with E-state index in [9.17, 15) is 0 Å². The van der Waals surface area contributed by atoms with Gasteiger partial charge in [0.15, 0.2) is 5.16 Å². The zero-order chi connectivity index (χ0) is 8.10. The van der Waals surface area contributed by atoms with Gasteiger partial charge in [-0.05, 0) is 6.42 Å². The summed E-state index contributed by atoms with van der Waals surface area (Å²) in [6, 6.07) is 0. The van der Waals surface area contributed by atoms with Gasteiger partial charge in [0.1, 0.15) is 0 Å². The molecule has 1 heterocycles. The van der Waals surface area contributed by atoms with E-state index in [0.717, 1.165) is 17.3 Å². The van der Waals surface area contributed by atoms with Crippen LogP contribution in [0.4, 0.5) is 5.69 Å². The summed E-state index contributed by atoms with van der Waals surface area (Å²) in [5, 5.41) is 0.807. The molecule has 1 aromatic heterocycles. The molecule has 0 aliphatic carbocycles. The molecule has 1 rings (SSSR count). The minimum atomic E-state index is 0.617. The van der Waals surface area contributed by atoms with E-state index in [-0.39, 0.29) is 0 Å². The smallest absolute Gasteiger partial charge is 0.187 e. The molecule has 0 aromatic carbocycles. The maximum absolute atomic E-state index is 5.42. The van der Waals surface area contributed by atoms with Gasteiger partial charge in [0.25, 0.3) is 0 Å². The lowest BCUT2D eigenvalue weighted by molar-refractivity contribution is 0.965. The average Bonchev–Trinajstić information content (AvgIpc) is 2.04. The average molecular weight is 169 g/mol. The molecule has 60 valence electrons. The molecule has 2 N–H and O–H groups in total. The topological polar surface area (TPSA) is 51.8 Å². The number of hydrogen-bond acceptors (Lipinski definition) is 4. The van der Waals surface area contributed by atoms with Gasteiger partial charge in [-0.2, -0.15) is 0 Å². The van der Waals surface area contributed by atoms with E-state index in [0.29, 0.717) is 5.69 Å². The van der Waals surface area contributed by atoms with Crippen LogP contribution in [-0.2, 0) is 0 Å². The van der Waals surface area contributed by atoms with Crippen molar-refractivity contribution in [3.05, 3.63) is 12.4 Å². The third-order valence-electron chi connectivity index (χ3n) is 1.08. The Balaban J connectivity index is 2.52. The summed E-state index contributed by atoms with van der Waals surface area (Å²) >= 11 is 1.65. The van der Waals surface area contributed by atoms with Crippen LogP contribution < -0.4 is 5.73 Å². The third-order valence-corrected chi connectivity index (χ3v) is 2.16. The zero-order valence-electron chi connectivity index (χ0n) is 6.45. The molecule has 4 heteroatoms. The van der Waals surface area contributed by atoms with E-state index in [1.54, 1.807) is 24.2 Å². The molecule has 0 amide bonds. The summed E-state index contributed by atoms with van der Waals surface area (Å²) in [4.78, 5) is 8.09. The maximum atomic E-state index is 5.42. The summed E-state index contributed by atoms with van der Waals surface area (Å²) in [5.74, 6) is 1.06. The van der Waals surface area contributed by atoms with Gasteiger partial charge < -0.3 is 5.73 Å². The third kappa shape index (κ3) is 2.76. The van der Waals surface area contributed by atoms with Crippen LogP contribution in [0.15, 0.2) is 17.6 Å². The van der Waals surface area contributed by atoms with Crippen molar-refractivity contribution in [1.29, 1.82) is 0 Å². The van der Waals surface area contributed by atoms with E-state index in [2.05, 4.69) is 16.9 Å². The van der Waals surface area contributed by atoms with Crippen LogP contribution in [0.2, 0.25) is 0 Å². The summed E-state index contributed by atoms with van der Waals surface area (Å²) in [6.45, 7) is 2.13. The first kappa shape index (κ1) is 8.33. The highest BCUT2D eigenvalue weighted by molar-refractivity contribution is 7.99. The summed E-state index contributed by atoms with van der Waals surface area (Å²) < 4.78 is 0. The number of hydrogen-bond donors (Lipinski definition) is 1. The Morgan fingerprint density at radius 2 is 2.09 bits per heavy atom. The van der Waals surface area contributed by atoms with E-state index in [1.165, 1.54) is 0 Å². The first-order chi connectivity index (χ1) is 5.33. The highest BCUT2D eigenvalue weighted by Crippen LogP contribution is 2.12.